The van der Waals surface area contributed by atoms with Crippen LogP contribution in [0.5, 0.6) is 0 Å². The van der Waals surface area contributed by atoms with Crippen LogP contribution in [-0.2, 0) is 9.53 Å². The van der Waals surface area contributed by atoms with E-state index in [4.69, 9.17) is 4.74 Å². The fourth-order valence-electron chi connectivity index (χ4n) is 1.83. The summed E-state index contributed by atoms with van der Waals surface area (Å²) in [5, 5.41) is 12.3. The molecule has 0 radical (unpaired) electrons. The summed E-state index contributed by atoms with van der Waals surface area (Å²) in [4.78, 5) is 11.2. The molecule has 0 aliphatic heterocycles. The third-order valence-corrected chi connectivity index (χ3v) is 2.78. The smallest absolute Gasteiger partial charge is 0.323 e. The fourth-order valence-corrected chi connectivity index (χ4v) is 1.83. The summed E-state index contributed by atoms with van der Waals surface area (Å²) >= 11 is 0. The Bertz CT molecular complexity index is 231. The maximum Gasteiger partial charge on any atom is 0.323 e. The molecule has 0 saturated carbocycles. The van der Waals surface area contributed by atoms with Crippen molar-refractivity contribution < 1.29 is 14.6 Å². The van der Waals surface area contributed by atoms with Crippen LogP contribution in [-0.4, -0.2) is 35.4 Å². The van der Waals surface area contributed by atoms with Gasteiger partial charge in [-0.15, -0.1) is 0 Å². The zero-order chi connectivity index (χ0) is 13.5. The number of carbonyl (C=O) groups is 1. The average Bonchev–Trinajstić information content (AvgIpc) is 2.16. The summed E-state index contributed by atoms with van der Waals surface area (Å²) in [6.07, 6.45) is 2.79. The molecule has 4 heteroatoms. The number of nitrogens with one attached hydrogen (secondary N) is 1. The number of aliphatic carboxylic acids is 1. The second kappa shape index (κ2) is 7.67. The van der Waals surface area contributed by atoms with Crippen LogP contribution in [0, 0.1) is 0 Å². The van der Waals surface area contributed by atoms with E-state index in [0.29, 0.717) is 13.0 Å². The van der Waals surface area contributed by atoms with Crippen molar-refractivity contribution in [1.29, 1.82) is 0 Å². The molecule has 0 saturated heterocycles. The Morgan fingerprint density at radius 1 is 1.41 bits per heavy atom. The number of hydrogen-bond donors (Lipinski definition) is 2. The first-order valence-electron chi connectivity index (χ1n) is 6.44. The zero-order valence-electron chi connectivity index (χ0n) is 11.7. The molecule has 2 unspecified atom stereocenters. The highest BCUT2D eigenvalue weighted by molar-refractivity contribution is 5.78. The molecule has 0 aliphatic carbocycles. The largest absolute Gasteiger partial charge is 0.480 e. The lowest BCUT2D eigenvalue weighted by Crippen LogP contribution is -2.53. The quantitative estimate of drug-likeness (QED) is 0.655. The summed E-state index contributed by atoms with van der Waals surface area (Å²) in [6.45, 7) is 10.2. The zero-order valence-corrected chi connectivity index (χ0v) is 11.7. The molecular formula is C13H27NO3. The lowest BCUT2D eigenvalue weighted by Gasteiger charge is -2.29. The molecule has 2 atom stereocenters. The lowest BCUT2D eigenvalue weighted by molar-refractivity contribution is -0.145. The van der Waals surface area contributed by atoms with Gasteiger partial charge in [0.05, 0.1) is 6.10 Å². The molecule has 0 fully saturated rings. The first-order valence-corrected chi connectivity index (χ1v) is 6.44. The molecule has 0 aliphatic rings. The van der Waals surface area contributed by atoms with Crippen LogP contribution in [0.4, 0.5) is 0 Å². The van der Waals surface area contributed by atoms with Gasteiger partial charge < -0.3 is 9.84 Å². The normalized spacial score (nSPS) is 16.8. The predicted molar refractivity (Wildman–Crippen MR) is 69.3 cm³/mol. The standard InChI is InChI=1S/C13H27NO3/c1-6-7-11(4)17-9-8-13(5,12(15)16)14-10(2)3/h10-11,14H,6-9H2,1-5H3,(H,15,16). The fraction of sp³-hybridized carbons (Fsp3) is 0.923. The van der Waals surface area contributed by atoms with Gasteiger partial charge in [-0.2, -0.15) is 0 Å². The van der Waals surface area contributed by atoms with Gasteiger partial charge in [0.2, 0.25) is 0 Å². The molecule has 0 aromatic rings. The van der Waals surface area contributed by atoms with Crippen LogP contribution in [0.3, 0.4) is 0 Å². The van der Waals surface area contributed by atoms with Crippen molar-refractivity contribution in [2.24, 2.45) is 0 Å². The lowest BCUT2D eigenvalue weighted by atomic mass is 9.97. The molecule has 0 aromatic carbocycles. The van der Waals surface area contributed by atoms with Crippen molar-refractivity contribution in [1.82, 2.24) is 5.32 Å². The first-order chi connectivity index (χ1) is 7.81. The second-order valence-electron chi connectivity index (χ2n) is 5.16. The van der Waals surface area contributed by atoms with Gasteiger partial charge in [0, 0.05) is 12.6 Å². The molecule has 0 heterocycles. The van der Waals surface area contributed by atoms with E-state index in [1.807, 2.05) is 20.8 Å². The summed E-state index contributed by atoms with van der Waals surface area (Å²) in [6, 6.07) is 0.143. The number of carboxylic acids is 1. The van der Waals surface area contributed by atoms with Crippen molar-refractivity contribution >= 4 is 5.97 Å². The van der Waals surface area contributed by atoms with E-state index in [1.54, 1.807) is 6.92 Å². The predicted octanol–water partition coefficient (Wildman–Crippen LogP) is 2.42. The van der Waals surface area contributed by atoms with Crippen LogP contribution < -0.4 is 5.32 Å². The highest BCUT2D eigenvalue weighted by Gasteiger charge is 2.33. The van der Waals surface area contributed by atoms with Crippen molar-refractivity contribution in [3.63, 3.8) is 0 Å². The molecule has 0 bridgehead atoms. The van der Waals surface area contributed by atoms with Gasteiger partial charge in [0.15, 0.2) is 0 Å². The summed E-state index contributed by atoms with van der Waals surface area (Å²) in [5.41, 5.74) is -0.903. The Morgan fingerprint density at radius 3 is 2.41 bits per heavy atom. The highest BCUT2D eigenvalue weighted by atomic mass is 16.5. The van der Waals surface area contributed by atoms with Gasteiger partial charge in [0.1, 0.15) is 5.54 Å². The SMILES string of the molecule is CCCC(C)OCCC(C)(NC(C)C)C(=O)O. The van der Waals surface area contributed by atoms with E-state index < -0.39 is 11.5 Å². The number of ether oxygens (including phenoxy) is 1. The van der Waals surface area contributed by atoms with Gasteiger partial charge in [-0.3, -0.25) is 10.1 Å². The maximum atomic E-state index is 11.2. The van der Waals surface area contributed by atoms with Crippen LogP contribution in [0.1, 0.15) is 53.9 Å². The maximum absolute atomic E-state index is 11.2. The highest BCUT2D eigenvalue weighted by Crippen LogP contribution is 2.13. The van der Waals surface area contributed by atoms with Crippen LogP contribution in [0.25, 0.3) is 0 Å². The summed E-state index contributed by atoms with van der Waals surface area (Å²) in [5.74, 6) is -0.821. The number of carboxylic acid groups (broad SMARTS) is 1. The van der Waals surface area contributed by atoms with E-state index in [-0.39, 0.29) is 12.1 Å². The third-order valence-electron chi connectivity index (χ3n) is 2.78. The van der Waals surface area contributed by atoms with Gasteiger partial charge in [-0.25, -0.2) is 0 Å². The van der Waals surface area contributed by atoms with Crippen molar-refractivity contribution in [3.05, 3.63) is 0 Å². The van der Waals surface area contributed by atoms with E-state index in [1.165, 1.54) is 0 Å². The van der Waals surface area contributed by atoms with Crippen LogP contribution in [0.15, 0.2) is 0 Å². The van der Waals surface area contributed by atoms with Crippen LogP contribution >= 0.6 is 0 Å². The van der Waals surface area contributed by atoms with Gasteiger partial charge in [-0.1, -0.05) is 13.3 Å². The Morgan fingerprint density at radius 2 is 2.00 bits per heavy atom. The molecule has 0 spiro atoms. The summed E-state index contributed by atoms with van der Waals surface area (Å²) in [7, 11) is 0. The molecule has 0 amide bonds. The van der Waals surface area contributed by atoms with Gasteiger partial charge >= 0.3 is 5.97 Å². The van der Waals surface area contributed by atoms with E-state index in [2.05, 4.69) is 12.2 Å². The third kappa shape index (κ3) is 6.64. The Hall–Kier alpha value is -0.610. The second-order valence-corrected chi connectivity index (χ2v) is 5.16. The number of rotatable bonds is 9. The Labute approximate surface area is 105 Å². The average molecular weight is 245 g/mol. The Balaban J connectivity index is 4.14. The molecule has 102 valence electrons. The van der Waals surface area contributed by atoms with E-state index in [0.717, 1.165) is 12.8 Å². The minimum atomic E-state index is -0.903. The molecule has 17 heavy (non-hydrogen) atoms. The molecule has 2 N–H and O–H groups in total. The molecular weight excluding hydrogens is 218 g/mol. The van der Waals surface area contributed by atoms with Crippen LogP contribution in [0.2, 0.25) is 0 Å². The van der Waals surface area contributed by atoms with Crippen molar-refractivity contribution in [3.8, 4) is 0 Å². The number of hydrogen-bond acceptors (Lipinski definition) is 3. The van der Waals surface area contributed by atoms with E-state index in [9.17, 15) is 9.90 Å². The monoisotopic (exact) mass is 245 g/mol. The van der Waals surface area contributed by atoms with Gasteiger partial charge in [-0.05, 0) is 40.5 Å². The first kappa shape index (κ1) is 16.4. The van der Waals surface area contributed by atoms with Crippen molar-refractivity contribution in [2.45, 2.75) is 71.6 Å². The summed E-state index contributed by atoms with van der Waals surface area (Å²) < 4.78 is 5.61. The molecule has 0 aromatic heterocycles. The Kier molecular flexibility index (Phi) is 7.39. The minimum absolute atomic E-state index is 0.143. The molecule has 0 rings (SSSR count). The minimum Gasteiger partial charge on any atom is -0.480 e. The molecule has 4 nitrogen and oxygen atoms in total. The van der Waals surface area contributed by atoms with E-state index >= 15 is 0 Å². The topological polar surface area (TPSA) is 58.6 Å². The van der Waals surface area contributed by atoms with Crippen molar-refractivity contribution in [2.75, 3.05) is 6.61 Å². The van der Waals surface area contributed by atoms with Gasteiger partial charge in [0.25, 0.3) is 0 Å².